The maximum absolute atomic E-state index is 11.5. The van der Waals surface area contributed by atoms with Gasteiger partial charge in [-0.25, -0.2) is 4.79 Å². The van der Waals surface area contributed by atoms with Gasteiger partial charge in [-0.15, -0.1) is 0 Å². The van der Waals surface area contributed by atoms with Crippen LogP contribution in [0.1, 0.15) is 10.4 Å². The first-order valence-corrected chi connectivity index (χ1v) is 4.47. The molecular formula is C10H8N2O4. The molecule has 2 N–H and O–H groups in total. The highest BCUT2D eigenvalue weighted by molar-refractivity contribution is 6.03. The van der Waals surface area contributed by atoms with Crippen LogP contribution < -0.4 is 11.1 Å². The lowest BCUT2D eigenvalue weighted by atomic mass is 10.1. The average molecular weight is 220 g/mol. The molecule has 0 spiro atoms. The molecule has 1 heterocycles. The number of methoxy groups -OCH3 is 1. The van der Waals surface area contributed by atoms with E-state index in [-0.39, 0.29) is 16.3 Å². The first-order valence-electron chi connectivity index (χ1n) is 4.47. The third kappa shape index (κ3) is 1.40. The molecule has 0 saturated heterocycles. The molecule has 6 heteroatoms. The van der Waals surface area contributed by atoms with Gasteiger partial charge in [-0.1, -0.05) is 6.07 Å². The topological polar surface area (TPSA) is 92.0 Å². The summed E-state index contributed by atoms with van der Waals surface area (Å²) >= 11 is 0. The Morgan fingerprint density at radius 1 is 1.19 bits per heavy atom. The summed E-state index contributed by atoms with van der Waals surface area (Å²) in [6.45, 7) is 0. The molecule has 0 amide bonds. The molecule has 82 valence electrons. The van der Waals surface area contributed by atoms with E-state index in [4.69, 9.17) is 0 Å². The van der Waals surface area contributed by atoms with Gasteiger partial charge in [0.1, 0.15) is 0 Å². The fourth-order valence-electron chi connectivity index (χ4n) is 1.51. The summed E-state index contributed by atoms with van der Waals surface area (Å²) in [6.07, 6.45) is 0. The predicted molar refractivity (Wildman–Crippen MR) is 56.5 cm³/mol. The number of carbonyl (C=O) groups excluding carboxylic acids is 1. The van der Waals surface area contributed by atoms with E-state index in [1.807, 2.05) is 0 Å². The molecule has 0 unspecified atom stereocenters. The number of ether oxygens (including phenoxy) is 1. The second-order valence-corrected chi connectivity index (χ2v) is 3.13. The number of H-pyrrole nitrogens is 2. The summed E-state index contributed by atoms with van der Waals surface area (Å²) in [5.74, 6) is -0.651. The minimum atomic E-state index is -0.651. The lowest BCUT2D eigenvalue weighted by Gasteiger charge is -2.02. The van der Waals surface area contributed by atoms with Crippen LogP contribution in [0.15, 0.2) is 27.8 Å². The number of rotatable bonds is 1. The zero-order valence-electron chi connectivity index (χ0n) is 8.37. The van der Waals surface area contributed by atoms with Gasteiger partial charge in [0.05, 0.1) is 23.4 Å². The highest BCUT2D eigenvalue weighted by Crippen LogP contribution is 2.11. The van der Waals surface area contributed by atoms with Crippen LogP contribution in [-0.2, 0) is 4.74 Å². The number of aromatic amines is 2. The second-order valence-electron chi connectivity index (χ2n) is 3.13. The Morgan fingerprint density at radius 2 is 1.88 bits per heavy atom. The Kier molecular flexibility index (Phi) is 2.32. The third-order valence-electron chi connectivity index (χ3n) is 2.23. The number of carbonyl (C=O) groups is 1. The molecule has 2 rings (SSSR count). The SMILES string of the molecule is COC(=O)c1cccc2c(=O)[nH][nH]c(=O)c12. The van der Waals surface area contributed by atoms with Crippen molar-refractivity contribution >= 4 is 16.7 Å². The third-order valence-corrected chi connectivity index (χ3v) is 2.23. The van der Waals surface area contributed by atoms with E-state index in [2.05, 4.69) is 14.9 Å². The molecule has 0 atom stereocenters. The van der Waals surface area contributed by atoms with E-state index >= 15 is 0 Å². The predicted octanol–water partition coefficient (Wildman–Crippen LogP) is 0.00300. The van der Waals surface area contributed by atoms with Gasteiger partial charge in [0.25, 0.3) is 11.1 Å². The molecule has 2 aromatic rings. The summed E-state index contributed by atoms with van der Waals surface area (Å²) in [6, 6.07) is 4.42. The van der Waals surface area contributed by atoms with Gasteiger partial charge in [0.15, 0.2) is 0 Å². The van der Waals surface area contributed by atoms with Crippen LogP contribution in [0, 0.1) is 0 Å². The van der Waals surface area contributed by atoms with Crippen molar-refractivity contribution in [3.63, 3.8) is 0 Å². The Hall–Kier alpha value is -2.37. The molecule has 0 bridgehead atoms. The minimum absolute atomic E-state index is 0.0399. The van der Waals surface area contributed by atoms with E-state index in [0.29, 0.717) is 0 Å². The van der Waals surface area contributed by atoms with Crippen LogP contribution in [0.5, 0.6) is 0 Å². The minimum Gasteiger partial charge on any atom is -0.465 e. The summed E-state index contributed by atoms with van der Waals surface area (Å²) in [5, 5.41) is 4.54. The monoisotopic (exact) mass is 220 g/mol. The fourth-order valence-corrected chi connectivity index (χ4v) is 1.51. The Labute approximate surface area is 88.8 Å². The molecule has 0 aliphatic rings. The molecule has 1 aromatic heterocycles. The first-order chi connectivity index (χ1) is 7.65. The van der Waals surface area contributed by atoms with Crippen LogP contribution in [0.3, 0.4) is 0 Å². The van der Waals surface area contributed by atoms with Crippen molar-refractivity contribution < 1.29 is 9.53 Å². The van der Waals surface area contributed by atoms with Crippen LogP contribution in [0.2, 0.25) is 0 Å². The zero-order valence-corrected chi connectivity index (χ0v) is 8.37. The van der Waals surface area contributed by atoms with Crippen LogP contribution in [0.25, 0.3) is 10.8 Å². The fraction of sp³-hybridized carbons (Fsp3) is 0.100. The molecule has 16 heavy (non-hydrogen) atoms. The van der Waals surface area contributed by atoms with Gasteiger partial charge in [-0.2, -0.15) is 0 Å². The largest absolute Gasteiger partial charge is 0.465 e. The van der Waals surface area contributed by atoms with Crippen molar-refractivity contribution in [3.8, 4) is 0 Å². The van der Waals surface area contributed by atoms with Crippen molar-refractivity contribution in [2.45, 2.75) is 0 Å². The average Bonchev–Trinajstić information content (AvgIpc) is 2.32. The highest BCUT2D eigenvalue weighted by Gasteiger charge is 2.14. The standard InChI is InChI=1S/C10H8N2O4/c1-16-10(15)6-4-2-3-5-7(6)9(14)12-11-8(5)13/h2-4H,1H3,(H,11,13)(H,12,14). The summed E-state index contributed by atoms with van der Waals surface area (Å²) in [5.41, 5.74) is -0.914. The van der Waals surface area contributed by atoms with Gasteiger partial charge in [-0.3, -0.25) is 19.8 Å². The normalized spacial score (nSPS) is 10.3. The zero-order chi connectivity index (χ0) is 11.7. The summed E-state index contributed by atoms with van der Waals surface area (Å²) < 4.78 is 4.54. The van der Waals surface area contributed by atoms with Gasteiger partial charge < -0.3 is 4.74 Å². The number of nitrogens with one attached hydrogen (secondary N) is 2. The first kappa shape index (κ1) is 10.2. The van der Waals surface area contributed by atoms with Crippen molar-refractivity contribution in [1.29, 1.82) is 0 Å². The smallest absolute Gasteiger partial charge is 0.338 e. The van der Waals surface area contributed by atoms with Crippen LogP contribution in [0.4, 0.5) is 0 Å². The molecule has 0 saturated carbocycles. The number of aromatic nitrogens is 2. The lowest BCUT2D eigenvalue weighted by Crippen LogP contribution is -2.21. The summed E-state index contributed by atoms with van der Waals surface area (Å²) in [7, 11) is 1.21. The molecule has 6 nitrogen and oxygen atoms in total. The van der Waals surface area contributed by atoms with E-state index in [1.165, 1.54) is 25.3 Å². The molecule has 0 aliphatic carbocycles. The van der Waals surface area contributed by atoms with Crippen LogP contribution in [-0.4, -0.2) is 23.3 Å². The maximum atomic E-state index is 11.5. The van der Waals surface area contributed by atoms with Crippen molar-refractivity contribution in [3.05, 3.63) is 44.5 Å². The highest BCUT2D eigenvalue weighted by atomic mass is 16.5. The van der Waals surface area contributed by atoms with Crippen molar-refractivity contribution in [1.82, 2.24) is 10.2 Å². The van der Waals surface area contributed by atoms with E-state index in [9.17, 15) is 14.4 Å². The number of esters is 1. The molecule has 1 aromatic carbocycles. The van der Waals surface area contributed by atoms with Gasteiger partial charge in [-0.05, 0) is 12.1 Å². The Bertz CT molecular complexity index is 668. The number of benzene rings is 1. The Balaban J connectivity index is 2.98. The maximum Gasteiger partial charge on any atom is 0.338 e. The quantitative estimate of drug-likeness (QED) is 0.662. The van der Waals surface area contributed by atoms with Crippen molar-refractivity contribution in [2.75, 3.05) is 7.11 Å². The van der Waals surface area contributed by atoms with Gasteiger partial charge in [0.2, 0.25) is 0 Å². The Morgan fingerprint density at radius 3 is 2.56 bits per heavy atom. The second kappa shape index (κ2) is 3.65. The van der Waals surface area contributed by atoms with Gasteiger partial charge >= 0.3 is 5.97 Å². The van der Waals surface area contributed by atoms with E-state index < -0.39 is 17.1 Å². The lowest BCUT2D eigenvalue weighted by molar-refractivity contribution is 0.0603. The summed E-state index contributed by atoms with van der Waals surface area (Å²) in [4.78, 5) is 34.4. The van der Waals surface area contributed by atoms with Crippen molar-refractivity contribution in [2.24, 2.45) is 0 Å². The molecule has 0 aliphatic heterocycles. The number of fused-ring (bicyclic) bond motifs is 1. The molecule has 0 fully saturated rings. The number of hydrogen-bond acceptors (Lipinski definition) is 4. The van der Waals surface area contributed by atoms with E-state index in [1.54, 1.807) is 0 Å². The van der Waals surface area contributed by atoms with Gasteiger partial charge in [0, 0.05) is 0 Å². The van der Waals surface area contributed by atoms with E-state index in [0.717, 1.165) is 0 Å². The molecular weight excluding hydrogens is 212 g/mol. The number of hydrogen-bond donors (Lipinski definition) is 2. The van der Waals surface area contributed by atoms with Crippen LogP contribution >= 0.6 is 0 Å². The molecule has 0 radical (unpaired) electrons.